The number of carbonyl (C=O) groups is 1. The molecule has 0 aromatic heterocycles. The highest BCUT2D eigenvalue weighted by atomic mass is 32.2. The van der Waals surface area contributed by atoms with Crippen molar-refractivity contribution in [3.05, 3.63) is 29.8 Å². The Morgan fingerprint density at radius 1 is 1.11 bits per heavy atom. The monoisotopic (exact) mass is 408 g/mol. The second kappa shape index (κ2) is 8.00. The quantitative estimate of drug-likeness (QED) is 0.804. The summed E-state index contributed by atoms with van der Waals surface area (Å²) in [5.74, 6) is 1.07. The van der Waals surface area contributed by atoms with E-state index < -0.39 is 10.0 Å². The van der Waals surface area contributed by atoms with E-state index in [1.807, 2.05) is 18.2 Å². The lowest BCUT2D eigenvalue weighted by Crippen LogP contribution is -2.50. The highest BCUT2D eigenvalue weighted by molar-refractivity contribution is 7.88. The summed E-state index contributed by atoms with van der Waals surface area (Å²) in [5, 5.41) is 0. The number of nitrogens with one attached hydrogen (secondary N) is 1. The fourth-order valence-electron chi connectivity index (χ4n) is 4.73. The molecule has 8 heteroatoms. The normalized spacial score (nSPS) is 31.2. The van der Waals surface area contributed by atoms with Crippen LogP contribution in [0.5, 0.6) is 5.75 Å². The Labute approximate surface area is 166 Å². The zero-order valence-electron chi connectivity index (χ0n) is 16.2. The molecule has 4 aliphatic rings. The summed E-state index contributed by atoms with van der Waals surface area (Å²) in [4.78, 5) is 14.6. The van der Waals surface area contributed by atoms with E-state index in [0.29, 0.717) is 25.5 Å². The van der Waals surface area contributed by atoms with Crippen LogP contribution < -0.4 is 9.46 Å². The summed E-state index contributed by atoms with van der Waals surface area (Å²) in [5.41, 5.74) is 1.17. The van der Waals surface area contributed by atoms with E-state index in [1.54, 1.807) is 4.90 Å². The van der Waals surface area contributed by atoms with Gasteiger partial charge in [0.2, 0.25) is 10.0 Å². The average molecular weight is 409 g/mol. The van der Waals surface area contributed by atoms with Crippen LogP contribution in [0.4, 0.5) is 0 Å². The minimum Gasteiger partial charge on any atom is -0.483 e. The third kappa shape index (κ3) is 4.34. The number of benzene rings is 1. The fraction of sp³-hybridized carbons (Fsp3) is 0.650. The van der Waals surface area contributed by atoms with E-state index in [4.69, 9.17) is 9.47 Å². The summed E-state index contributed by atoms with van der Waals surface area (Å²) >= 11 is 0. The summed E-state index contributed by atoms with van der Waals surface area (Å²) in [6.45, 7) is 0.800. The number of rotatable bonds is 2. The predicted octanol–water partition coefficient (Wildman–Crippen LogP) is 1.64. The first-order valence-electron chi connectivity index (χ1n) is 10.0. The topological polar surface area (TPSA) is 84.9 Å². The highest BCUT2D eigenvalue weighted by Crippen LogP contribution is 2.38. The molecule has 7 nitrogen and oxygen atoms in total. The molecule has 1 saturated heterocycles. The number of nitrogens with zero attached hydrogens (tertiary/aromatic N) is 1. The van der Waals surface area contributed by atoms with E-state index >= 15 is 0 Å². The van der Waals surface area contributed by atoms with Gasteiger partial charge >= 0.3 is 0 Å². The third-order valence-corrected chi connectivity index (χ3v) is 6.85. The Morgan fingerprint density at radius 2 is 1.86 bits per heavy atom. The molecule has 1 aromatic rings. The van der Waals surface area contributed by atoms with Crippen LogP contribution in [0.3, 0.4) is 0 Å². The number of sulfonamides is 1. The highest BCUT2D eigenvalue weighted by Gasteiger charge is 2.39. The van der Waals surface area contributed by atoms with Crippen molar-refractivity contribution in [2.45, 2.75) is 56.2 Å². The zero-order chi connectivity index (χ0) is 19.7. The van der Waals surface area contributed by atoms with Crippen LogP contribution in [-0.4, -0.2) is 63.4 Å². The van der Waals surface area contributed by atoms with Crippen molar-refractivity contribution in [3.63, 3.8) is 0 Å². The maximum Gasteiger partial charge on any atom is 0.260 e. The van der Waals surface area contributed by atoms with E-state index in [1.165, 1.54) is 5.56 Å². The lowest BCUT2D eigenvalue weighted by atomic mass is 9.82. The molecule has 3 heterocycles. The van der Waals surface area contributed by atoms with Crippen molar-refractivity contribution in [3.8, 4) is 5.75 Å². The van der Waals surface area contributed by atoms with Crippen LogP contribution in [0.1, 0.15) is 43.6 Å². The van der Waals surface area contributed by atoms with Crippen LogP contribution >= 0.6 is 0 Å². The van der Waals surface area contributed by atoms with Gasteiger partial charge in [0, 0.05) is 12.6 Å². The molecule has 2 bridgehead atoms. The van der Waals surface area contributed by atoms with Gasteiger partial charge in [0.25, 0.3) is 5.91 Å². The van der Waals surface area contributed by atoms with Crippen LogP contribution in [0, 0.1) is 0 Å². The smallest absolute Gasteiger partial charge is 0.260 e. The van der Waals surface area contributed by atoms with Crippen LogP contribution in [0.2, 0.25) is 0 Å². The summed E-state index contributed by atoms with van der Waals surface area (Å²) < 4.78 is 38.3. The first-order chi connectivity index (χ1) is 13.4. The van der Waals surface area contributed by atoms with Crippen molar-refractivity contribution in [1.82, 2.24) is 9.62 Å². The maximum absolute atomic E-state index is 12.9. The molecule has 0 unspecified atom stereocenters. The van der Waals surface area contributed by atoms with Crippen molar-refractivity contribution in [2.24, 2.45) is 0 Å². The first-order valence-corrected chi connectivity index (χ1v) is 11.9. The average Bonchev–Trinajstić information content (AvgIpc) is 3.05. The number of carbonyl (C=O) groups excluding carboxylic acids is 1. The maximum atomic E-state index is 12.9. The minimum absolute atomic E-state index is 0.0464. The number of ether oxygens (including phenoxy) is 2. The molecule has 1 aromatic carbocycles. The van der Waals surface area contributed by atoms with Crippen molar-refractivity contribution < 1.29 is 22.7 Å². The molecule has 0 radical (unpaired) electrons. The van der Waals surface area contributed by atoms with Gasteiger partial charge in [-0.15, -0.1) is 0 Å². The molecular formula is C20H28N2O5S. The van der Waals surface area contributed by atoms with Gasteiger partial charge in [-0.2, -0.15) is 0 Å². The summed E-state index contributed by atoms with van der Waals surface area (Å²) in [6, 6.07) is 7.34. The number of hydrogen-bond donors (Lipinski definition) is 1. The SMILES string of the molecule is CS(=O)(=O)N[C@H]1CCN2C(=O)COc3ccccc3[C@H]3CC[C@H](CC3)OC[C@@H]12. The van der Waals surface area contributed by atoms with Crippen LogP contribution in [-0.2, 0) is 19.6 Å². The van der Waals surface area contributed by atoms with Crippen molar-refractivity contribution in [1.29, 1.82) is 0 Å². The first kappa shape index (κ1) is 19.7. The van der Waals surface area contributed by atoms with Gasteiger partial charge in [-0.1, -0.05) is 18.2 Å². The molecule has 2 fully saturated rings. The van der Waals surface area contributed by atoms with Gasteiger partial charge in [-0.3, -0.25) is 4.79 Å². The number of fused-ring (bicyclic) bond motifs is 5. The number of para-hydroxylation sites is 1. The van der Waals surface area contributed by atoms with E-state index in [2.05, 4.69) is 10.8 Å². The lowest BCUT2D eigenvalue weighted by molar-refractivity contribution is -0.136. The number of amides is 1. The van der Waals surface area contributed by atoms with E-state index in [0.717, 1.165) is 37.7 Å². The van der Waals surface area contributed by atoms with Gasteiger partial charge < -0.3 is 14.4 Å². The lowest BCUT2D eigenvalue weighted by Gasteiger charge is -2.32. The molecule has 2 atom stereocenters. The van der Waals surface area contributed by atoms with Crippen molar-refractivity contribution in [2.75, 3.05) is 26.0 Å². The minimum atomic E-state index is -3.36. The Hall–Kier alpha value is -1.64. The Balaban J connectivity index is 1.59. The molecule has 3 aliphatic heterocycles. The molecule has 28 heavy (non-hydrogen) atoms. The van der Waals surface area contributed by atoms with Gasteiger partial charge in [0.05, 0.1) is 25.0 Å². The summed E-state index contributed by atoms with van der Waals surface area (Å²) in [6.07, 6.45) is 5.86. The molecule has 1 N–H and O–H groups in total. The second-order valence-electron chi connectivity index (χ2n) is 8.07. The Kier molecular flexibility index (Phi) is 5.62. The molecular weight excluding hydrogens is 380 g/mol. The zero-order valence-corrected chi connectivity index (χ0v) is 17.0. The molecule has 0 spiro atoms. The molecule has 1 aliphatic carbocycles. The molecule has 5 rings (SSSR count). The third-order valence-electron chi connectivity index (χ3n) is 6.12. The van der Waals surface area contributed by atoms with Gasteiger partial charge in [-0.05, 0) is 49.7 Å². The summed E-state index contributed by atoms with van der Waals surface area (Å²) in [7, 11) is -3.36. The van der Waals surface area contributed by atoms with Gasteiger partial charge in [0.15, 0.2) is 6.61 Å². The molecule has 1 amide bonds. The largest absolute Gasteiger partial charge is 0.483 e. The van der Waals surface area contributed by atoms with E-state index in [9.17, 15) is 13.2 Å². The Morgan fingerprint density at radius 3 is 2.61 bits per heavy atom. The second-order valence-corrected chi connectivity index (χ2v) is 9.85. The standard InChI is InChI=1S/C20H28N2O5S/c1-28(24,25)21-17-10-11-22-18(17)12-26-15-8-6-14(7-9-15)16-4-2-3-5-19(16)27-13-20(22)23/h2-5,14-15,17-18,21H,6-13H2,1H3/t14-,15+,17-,18-/m0/s1. The Bertz CT molecular complexity index is 820. The van der Waals surface area contributed by atoms with Crippen LogP contribution in [0.25, 0.3) is 0 Å². The number of hydrogen-bond acceptors (Lipinski definition) is 5. The fourth-order valence-corrected chi connectivity index (χ4v) is 5.55. The molecule has 154 valence electrons. The van der Waals surface area contributed by atoms with Gasteiger partial charge in [0.1, 0.15) is 5.75 Å². The predicted molar refractivity (Wildman–Crippen MR) is 105 cm³/mol. The molecule has 1 saturated carbocycles. The van der Waals surface area contributed by atoms with Crippen LogP contribution in [0.15, 0.2) is 24.3 Å². The van der Waals surface area contributed by atoms with Crippen molar-refractivity contribution >= 4 is 15.9 Å². The van der Waals surface area contributed by atoms with Gasteiger partial charge in [-0.25, -0.2) is 13.1 Å². The van der Waals surface area contributed by atoms with E-state index in [-0.39, 0.29) is 30.7 Å².